The molecule has 0 aliphatic rings. The fourth-order valence-electron chi connectivity index (χ4n) is 2.78. The monoisotopic (exact) mass is 363 g/mol. The highest BCUT2D eigenvalue weighted by Crippen LogP contribution is 2.11. The van der Waals surface area contributed by atoms with E-state index in [1.165, 1.54) is 5.56 Å². The second kappa shape index (κ2) is 15.6. The maximum Gasteiger partial charge on any atom is 0.191 e. The van der Waals surface area contributed by atoms with Crippen LogP contribution in [0.1, 0.15) is 51.5 Å². The van der Waals surface area contributed by atoms with Crippen molar-refractivity contribution in [3.05, 3.63) is 35.9 Å². The van der Waals surface area contributed by atoms with E-state index in [1.807, 2.05) is 18.2 Å². The molecule has 0 aliphatic heterocycles. The summed E-state index contributed by atoms with van der Waals surface area (Å²) in [6.07, 6.45) is 5.15. The van der Waals surface area contributed by atoms with Crippen LogP contribution in [-0.4, -0.2) is 43.9 Å². The molecule has 0 bridgehead atoms. The Morgan fingerprint density at radius 1 is 1.12 bits per heavy atom. The van der Waals surface area contributed by atoms with Gasteiger partial charge < -0.3 is 20.5 Å². The average molecular weight is 364 g/mol. The van der Waals surface area contributed by atoms with Crippen LogP contribution in [-0.2, 0) is 11.3 Å². The van der Waals surface area contributed by atoms with Gasteiger partial charge in [0.25, 0.3) is 0 Å². The minimum absolute atomic E-state index is 0.243. The molecule has 0 saturated heterocycles. The first-order valence-electron chi connectivity index (χ1n) is 10.0. The van der Waals surface area contributed by atoms with Crippen molar-refractivity contribution in [2.45, 2.75) is 52.6 Å². The standard InChI is InChI=1S/C21H37N3O2/c1-3-10-19(13-15-25)17-24-21(22-4-2)23-14-8-9-16-26-18-20-11-6-5-7-12-20/h5-7,11-12,19,25H,3-4,8-10,13-18H2,1-2H3,(H2,22,23,24). The number of hydrogen-bond acceptors (Lipinski definition) is 3. The van der Waals surface area contributed by atoms with Crippen LogP contribution in [0.25, 0.3) is 0 Å². The van der Waals surface area contributed by atoms with E-state index >= 15 is 0 Å². The first-order chi connectivity index (χ1) is 12.8. The van der Waals surface area contributed by atoms with Crippen molar-refractivity contribution in [3.63, 3.8) is 0 Å². The first-order valence-corrected chi connectivity index (χ1v) is 10.0. The van der Waals surface area contributed by atoms with E-state index in [-0.39, 0.29) is 6.61 Å². The van der Waals surface area contributed by atoms with E-state index in [1.54, 1.807) is 0 Å². The lowest BCUT2D eigenvalue weighted by atomic mass is 10.0. The molecule has 0 amide bonds. The Balaban J connectivity index is 2.18. The van der Waals surface area contributed by atoms with E-state index < -0.39 is 0 Å². The van der Waals surface area contributed by atoms with Crippen molar-refractivity contribution < 1.29 is 9.84 Å². The smallest absolute Gasteiger partial charge is 0.191 e. The topological polar surface area (TPSA) is 65.9 Å². The number of aliphatic hydroxyl groups is 1. The number of unbranched alkanes of at least 4 members (excludes halogenated alkanes) is 1. The number of aliphatic hydroxyl groups excluding tert-OH is 1. The fraction of sp³-hybridized carbons (Fsp3) is 0.667. The lowest BCUT2D eigenvalue weighted by molar-refractivity contribution is 0.117. The Morgan fingerprint density at radius 2 is 1.92 bits per heavy atom. The maximum atomic E-state index is 9.16. The van der Waals surface area contributed by atoms with Crippen LogP contribution in [0.2, 0.25) is 0 Å². The average Bonchev–Trinajstić information content (AvgIpc) is 2.66. The summed E-state index contributed by atoms with van der Waals surface area (Å²) in [7, 11) is 0. The number of nitrogens with one attached hydrogen (secondary N) is 2. The highest BCUT2D eigenvalue weighted by atomic mass is 16.5. The first kappa shape index (κ1) is 22.5. The van der Waals surface area contributed by atoms with Gasteiger partial charge in [0.1, 0.15) is 0 Å². The molecule has 0 saturated carbocycles. The van der Waals surface area contributed by atoms with Crippen LogP contribution in [0.4, 0.5) is 0 Å². The van der Waals surface area contributed by atoms with Crippen molar-refractivity contribution in [3.8, 4) is 0 Å². The highest BCUT2D eigenvalue weighted by molar-refractivity contribution is 5.79. The molecule has 5 nitrogen and oxygen atoms in total. The number of hydrogen-bond donors (Lipinski definition) is 3. The molecule has 0 aliphatic carbocycles. The molecule has 0 spiro atoms. The SMILES string of the molecule is CCCC(CCO)CN=C(NCC)NCCCCOCc1ccccc1. The van der Waals surface area contributed by atoms with Crippen molar-refractivity contribution in [2.24, 2.45) is 10.9 Å². The molecule has 1 aromatic rings. The number of rotatable bonds is 14. The predicted octanol–water partition coefficient (Wildman–Crippen LogP) is 3.34. The number of aliphatic imine (C=N–C) groups is 1. The van der Waals surface area contributed by atoms with Gasteiger partial charge >= 0.3 is 0 Å². The van der Waals surface area contributed by atoms with Crippen molar-refractivity contribution in [2.75, 3.05) is 32.8 Å². The molecule has 148 valence electrons. The van der Waals surface area contributed by atoms with Crippen LogP contribution in [0.5, 0.6) is 0 Å². The van der Waals surface area contributed by atoms with Gasteiger partial charge in [-0.25, -0.2) is 0 Å². The van der Waals surface area contributed by atoms with E-state index in [0.29, 0.717) is 12.5 Å². The van der Waals surface area contributed by atoms with Crippen LogP contribution in [0.3, 0.4) is 0 Å². The van der Waals surface area contributed by atoms with Crippen LogP contribution >= 0.6 is 0 Å². The van der Waals surface area contributed by atoms with Crippen LogP contribution < -0.4 is 10.6 Å². The molecule has 3 N–H and O–H groups in total. The second-order valence-electron chi connectivity index (χ2n) is 6.56. The predicted molar refractivity (Wildman–Crippen MR) is 109 cm³/mol. The van der Waals surface area contributed by atoms with Crippen molar-refractivity contribution >= 4 is 5.96 Å². The summed E-state index contributed by atoms with van der Waals surface area (Å²) in [6.45, 7) is 8.46. The molecular weight excluding hydrogens is 326 g/mol. The molecule has 1 aromatic carbocycles. The molecule has 0 aromatic heterocycles. The van der Waals surface area contributed by atoms with Crippen molar-refractivity contribution in [1.29, 1.82) is 0 Å². The third-order valence-electron chi connectivity index (χ3n) is 4.21. The number of ether oxygens (including phenoxy) is 1. The largest absolute Gasteiger partial charge is 0.396 e. The molecule has 0 fully saturated rings. The van der Waals surface area contributed by atoms with Gasteiger partial charge in [-0.05, 0) is 44.1 Å². The summed E-state index contributed by atoms with van der Waals surface area (Å²) in [4.78, 5) is 4.68. The van der Waals surface area contributed by atoms with Gasteiger partial charge in [-0.1, -0.05) is 43.7 Å². The Hall–Kier alpha value is -1.59. The van der Waals surface area contributed by atoms with Crippen LogP contribution in [0.15, 0.2) is 35.3 Å². The maximum absolute atomic E-state index is 9.16. The zero-order valence-corrected chi connectivity index (χ0v) is 16.5. The third-order valence-corrected chi connectivity index (χ3v) is 4.21. The van der Waals surface area contributed by atoms with Gasteiger partial charge in [-0.2, -0.15) is 0 Å². The summed E-state index contributed by atoms with van der Waals surface area (Å²) in [6, 6.07) is 10.3. The summed E-state index contributed by atoms with van der Waals surface area (Å²) >= 11 is 0. The molecule has 1 rings (SSSR count). The Labute approximate surface area is 159 Å². The number of nitrogens with zero attached hydrogens (tertiary/aromatic N) is 1. The minimum Gasteiger partial charge on any atom is -0.396 e. The lowest BCUT2D eigenvalue weighted by Crippen LogP contribution is -2.38. The molecule has 26 heavy (non-hydrogen) atoms. The Bertz CT molecular complexity index is 460. The quantitative estimate of drug-likeness (QED) is 0.269. The van der Waals surface area contributed by atoms with E-state index in [2.05, 4.69) is 41.6 Å². The van der Waals surface area contributed by atoms with E-state index in [0.717, 1.165) is 64.3 Å². The summed E-state index contributed by atoms with van der Waals surface area (Å²) < 4.78 is 5.71. The number of guanidine groups is 1. The summed E-state index contributed by atoms with van der Waals surface area (Å²) in [5.41, 5.74) is 1.22. The minimum atomic E-state index is 0.243. The van der Waals surface area contributed by atoms with Gasteiger partial charge in [0.2, 0.25) is 0 Å². The molecule has 1 unspecified atom stereocenters. The van der Waals surface area contributed by atoms with Gasteiger partial charge in [0.05, 0.1) is 6.61 Å². The zero-order chi connectivity index (χ0) is 18.9. The lowest BCUT2D eigenvalue weighted by Gasteiger charge is -2.15. The Morgan fingerprint density at radius 3 is 2.62 bits per heavy atom. The van der Waals surface area contributed by atoms with Gasteiger partial charge in [-0.3, -0.25) is 4.99 Å². The van der Waals surface area contributed by atoms with Crippen molar-refractivity contribution in [1.82, 2.24) is 10.6 Å². The molecule has 0 heterocycles. The molecule has 0 radical (unpaired) electrons. The fourth-order valence-corrected chi connectivity index (χ4v) is 2.78. The zero-order valence-electron chi connectivity index (χ0n) is 16.5. The van der Waals surface area contributed by atoms with E-state index in [9.17, 15) is 0 Å². The summed E-state index contributed by atoms with van der Waals surface area (Å²) in [5, 5.41) is 15.8. The van der Waals surface area contributed by atoms with Gasteiger partial charge in [0.15, 0.2) is 5.96 Å². The van der Waals surface area contributed by atoms with E-state index in [4.69, 9.17) is 9.84 Å². The number of benzene rings is 1. The van der Waals surface area contributed by atoms with Crippen LogP contribution in [0, 0.1) is 5.92 Å². The summed E-state index contributed by atoms with van der Waals surface area (Å²) in [5.74, 6) is 1.34. The molecule has 5 heteroatoms. The Kier molecular flexibility index (Phi) is 13.5. The van der Waals surface area contributed by atoms with Gasteiger partial charge in [0, 0.05) is 32.8 Å². The highest BCUT2D eigenvalue weighted by Gasteiger charge is 2.07. The second-order valence-corrected chi connectivity index (χ2v) is 6.56. The molecule has 1 atom stereocenters. The normalized spacial score (nSPS) is 12.8. The van der Waals surface area contributed by atoms with Gasteiger partial charge in [-0.15, -0.1) is 0 Å². The third kappa shape index (κ3) is 11.1. The molecular formula is C21H37N3O2.